The van der Waals surface area contributed by atoms with Gasteiger partial charge in [-0.3, -0.25) is 14.9 Å². The number of benzene rings is 1. The van der Waals surface area contributed by atoms with Gasteiger partial charge in [-0.1, -0.05) is 41.3 Å². The molecule has 1 fully saturated rings. The summed E-state index contributed by atoms with van der Waals surface area (Å²) in [5.74, 6) is -0.762. The number of carbonyl (C=O) groups is 1. The maximum Gasteiger partial charge on any atom is 0.309 e. The molecule has 1 aliphatic rings. The third-order valence-electron chi connectivity index (χ3n) is 4.04. The number of halogens is 1. The van der Waals surface area contributed by atoms with Gasteiger partial charge in [-0.05, 0) is 24.8 Å². The van der Waals surface area contributed by atoms with Gasteiger partial charge in [-0.15, -0.1) is 0 Å². The zero-order valence-corrected chi connectivity index (χ0v) is 12.6. The van der Waals surface area contributed by atoms with E-state index in [2.05, 4.69) is 15.9 Å². The Morgan fingerprint density at radius 3 is 2.50 bits per heavy atom. The topological polar surface area (TPSA) is 80.4 Å². The Morgan fingerprint density at radius 2 is 2.00 bits per heavy atom. The average molecular weight is 342 g/mol. The van der Waals surface area contributed by atoms with Crippen molar-refractivity contribution in [3.05, 3.63) is 38.3 Å². The molecule has 108 valence electrons. The second-order valence-corrected chi connectivity index (χ2v) is 6.21. The predicted octanol–water partition coefficient (Wildman–Crippen LogP) is 3.93. The molecule has 1 N–H and O–H groups in total. The Balaban J connectivity index is 2.27. The van der Waals surface area contributed by atoms with Crippen LogP contribution in [0.5, 0.6) is 0 Å². The lowest BCUT2D eigenvalue weighted by Crippen LogP contribution is -2.35. The minimum absolute atomic E-state index is 0.00800. The van der Waals surface area contributed by atoms with Crippen LogP contribution in [0.1, 0.15) is 37.7 Å². The first kappa shape index (κ1) is 15.0. The number of nitro benzene ring substituents is 1. The zero-order chi connectivity index (χ0) is 14.8. The van der Waals surface area contributed by atoms with E-state index >= 15 is 0 Å². The molecule has 0 aromatic heterocycles. The number of hydrogen-bond acceptors (Lipinski definition) is 3. The molecule has 1 aromatic rings. The van der Waals surface area contributed by atoms with Crippen molar-refractivity contribution in [3.63, 3.8) is 0 Å². The molecule has 1 saturated carbocycles. The van der Waals surface area contributed by atoms with Crippen LogP contribution in [0.2, 0.25) is 0 Å². The number of aliphatic carboxylic acids is 1. The van der Waals surface area contributed by atoms with Crippen molar-refractivity contribution in [1.29, 1.82) is 0 Å². The average Bonchev–Trinajstić information content (AvgIpc) is 2.41. The van der Waals surface area contributed by atoms with Crippen LogP contribution >= 0.6 is 15.9 Å². The van der Waals surface area contributed by atoms with Gasteiger partial charge in [0.25, 0.3) is 5.69 Å². The third-order valence-corrected chi connectivity index (χ3v) is 4.78. The summed E-state index contributed by atoms with van der Waals surface area (Å²) < 4.78 is 0.609. The number of nitrogens with zero attached hydrogens (tertiary/aromatic N) is 1. The number of rotatable bonds is 4. The maximum atomic E-state index is 11.6. The molecule has 2 rings (SSSR count). The summed E-state index contributed by atoms with van der Waals surface area (Å²) >= 11 is 3.32. The second kappa shape index (κ2) is 5.91. The fourth-order valence-electron chi connectivity index (χ4n) is 2.85. The molecule has 0 saturated heterocycles. The van der Waals surface area contributed by atoms with E-state index in [1.807, 2.05) is 0 Å². The molecule has 0 radical (unpaired) electrons. The minimum Gasteiger partial charge on any atom is -0.481 e. The molecule has 6 heteroatoms. The number of nitro groups is 1. The van der Waals surface area contributed by atoms with E-state index in [1.54, 1.807) is 6.07 Å². The molecular weight excluding hydrogens is 326 g/mol. The Labute approximate surface area is 125 Å². The van der Waals surface area contributed by atoms with Gasteiger partial charge >= 0.3 is 5.97 Å². The van der Waals surface area contributed by atoms with E-state index in [4.69, 9.17) is 0 Å². The summed E-state index contributed by atoms with van der Waals surface area (Å²) in [5, 5.41) is 20.3. The summed E-state index contributed by atoms with van der Waals surface area (Å²) in [6.07, 6.45) is 4.70. The van der Waals surface area contributed by atoms with E-state index in [0.29, 0.717) is 23.7 Å². The van der Waals surface area contributed by atoms with E-state index in [0.717, 1.165) is 24.8 Å². The third kappa shape index (κ3) is 3.00. The lowest BCUT2D eigenvalue weighted by atomic mass is 9.70. The van der Waals surface area contributed by atoms with Gasteiger partial charge in [0, 0.05) is 16.6 Å². The van der Waals surface area contributed by atoms with Crippen LogP contribution in [0.25, 0.3) is 0 Å². The van der Waals surface area contributed by atoms with Crippen LogP contribution in [0.15, 0.2) is 22.7 Å². The quantitative estimate of drug-likeness (QED) is 0.664. The second-order valence-electron chi connectivity index (χ2n) is 5.36. The lowest BCUT2D eigenvalue weighted by Gasteiger charge is -2.33. The molecule has 20 heavy (non-hydrogen) atoms. The summed E-state index contributed by atoms with van der Waals surface area (Å²) in [6, 6.07) is 4.52. The Hall–Kier alpha value is -1.43. The van der Waals surface area contributed by atoms with Gasteiger partial charge in [0.05, 0.1) is 10.3 Å². The van der Waals surface area contributed by atoms with E-state index in [9.17, 15) is 20.0 Å². The zero-order valence-electron chi connectivity index (χ0n) is 11.0. The number of carboxylic acid groups (broad SMARTS) is 1. The highest BCUT2D eigenvalue weighted by atomic mass is 79.9. The predicted molar refractivity (Wildman–Crippen MR) is 77.7 cm³/mol. The number of hydrogen-bond donors (Lipinski definition) is 1. The largest absolute Gasteiger partial charge is 0.481 e. The Bertz CT molecular complexity index is 538. The highest BCUT2D eigenvalue weighted by Gasteiger charge is 2.40. The van der Waals surface area contributed by atoms with Crippen LogP contribution < -0.4 is 0 Å². The van der Waals surface area contributed by atoms with Crippen LogP contribution in [0.3, 0.4) is 0 Å². The van der Waals surface area contributed by atoms with Gasteiger partial charge < -0.3 is 5.11 Å². The maximum absolute atomic E-state index is 11.6. The fourth-order valence-corrected chi connectivity index (χ4v) is 3.36. The SMILES string of the molecule is O=C(O)C1(Cc2ccc([N+](=O)[O-])cc2Br)CCCCC1. The number of carboxylic acids is 1. The van der Waals surface area contributed by atoms with Crippen LogP contribution in [0, 0.1) is 15.5 Å². The van der Waals surface area contributed by atoms with Gasteiger partial charge in [-0.2, -0.15) is 0 Å². The van der Waals surface area contributed by atoms with E-state index < -0.39 is 16.3 Å². The number of non-ortho nitro benzene ring substituents is 1. The first-order valence-electron chi connectivity index (χ1n) is 6.61. The molecule has 0 heterocycles. The van der Waals surface area contributed by atoms with Crippen molar-refractivity contribution < 1.29 is 14.8 Å². The van der Waals surface area contributed by atoms with Gasteiger partial charge in [0.1, 0.15) is 0 Å². The van der Waals surface area contributed by atoms with Crippen molar-refractivity contribution in [1.82, 2.24) is 0 Å². The molecular formula is C14H16BrNO4. The van der Waals surface area contributed by atoms with Crippen LogP contribution in [-0.4, -0.2) is 16.0 Å². The molecule has 1 aliphatic carbocycles. The molecule has 0 bridgehead atoms. The summed E-state index contributed by atoms with van der Waals surface area (Å²) in [5.41, 5.74) is 0.102. The molecule has 0 aliphatic heterocycles. The summed E-state index contributed by atoms with van der Waals surface area (Å²) in [6.45, 7) is 0. The molecule has 0 atom stereocenters. The molecule has 1 aromatic carbocycles. The molecule has 5 nitrogen and oxygen atoms in total. The monoisotopic (exact) mass is 341 g/mol. The van der Waals surface area contributed by atoms with Crippen molar-refractivity contribution in [2.45, 2.75) is 38.5 Å². The Kier molecular flexibility index (Phi) is 4.42. The van der Waals surface area contributed by atoms with Gasteiger partial charge in [0.15, 0.2) is 0 Å². The van der Waals surface area contributed by atoms with Gasteiger partial charge in [0.2, 0.25) is 0 Å². The van der Waals surface area contributed by atoms with Crippen molar-refractivity contribution in [2.24, 2.45) is 5.41 Å². The standard InChI is InChI=1S/C14H16BrNO4/c15-12-8-11(16(19)20)5-4-10(12)9-14(13(17)18)6-2-1-3-7-14/h4-5,8H,1-3,6-7,9H2,(H,17,18). The smallest absolute Gasteiger partial charge is 0.309 e. The van der Waals surface area contributed by atoms with Crippen LogP contribution in [0.4, 0.5) is 5.69 Å². The molecule has 0 amide bonds. The fraction of sp³-hybridized carbons (Fsp3) is 0.500. The highest BCUT2D eigenvalue weighted by Crippen LogP contribution is 2.41. The lowest BCUT2D eigenvalue weighted by molar-refractivity contribution is -0.384. The van der Waals surface area contributed by atoms with Crippen LogP contribution in [-0.2, 0) is 11.2 Å². The van der Waals surface area contributed by atoms with Gasteiger partial charge in [-0.25, -0.2) is 0 Å². The summed E-state index contributed by atoms with van der Waals surface area (Å²) in [7, 11) is 0. The summed E-state index contributed by atoms with van der Waals surface area (Å²) in [4.78, 5) is 21.9. The molecule has 0 unspecified atom stereocenters. The van der Waals surface area contributed by atoms with Crippen molar-refractivity contribution in [2.75, 3.05) is 0 Å². The highest BCUT2D eigenvalue weighted by molar-refractivity contribution is 9.10. The Morgan fingerprint density at radius 1 is 1.35 bits per heavy atom. The van der Waals surface area contributed by atoms with E-state index in [1.165, 1.54) is 12.1 Å². The first-order chi connectivity index (χ1) is 9.44. The minimum atomic E-state index is -0.762. The van der Waals surface area contributed by atoms with E-state index in [-0.39, 0.29) is 5.69 Å². The molecule has 0 spiro atoms. The van der Waals surface area contributed by atoms with Crippen molar-refractivity contribution in [3.8, 4) is 0 Å². The van der Waals surface area contributed by atoms with Crippen molar-refractivity contribution >= 4 is 27.6 Å². The first-order valence-corrected chi connectivity index (χ1v) is 7.40. The normalized spacial score (nSPS) is 17.6.